The van der Waals surface area contributed by atoms with Crippen LogP contribution < -0.4 is 10.1 Å². The molecule has 2 heterocycles. The van der Waals surface area contributed by atoms with E-state index in [9.17, 15) is 9.18 Å². The fourth-order valence-electron chi connectivity index (χ4n) is 5.04. The summed E-state index contributed by atoms with van der Waals surface area (Å²) < 4.78 is 26.6. The van der Waals surface area contributed by atoms with Crippen LogP contribution in [0.5, 0.6) is 5.75 Å². The molecule has 3 aromatic rings. The van der Waals surface area contributed by atoms with Crippen LogP contribution in [0.2, 0.25) is 0 Å². The quantitative estimate of drug-likeness (QED) is 0.491. The smallest absolute Gasteiger partial charge is 0.272 e. The van der Waals surface area contributed by atoms with Gasteiger partial charge in [0.2, 0.25) is 0 Å². The highest BCUT2D eigenvalue weighted by Crippen LogP contribution is 2.28. The Kier molecular flexibility index (Phi) is 7.63. The number of rotatable bonds is 9. The molecular formula is C28H33FN4O3. The van der Waals surface area contributed by atoms with Gasteiger partial charge in [-0.3, -0.25) is 9.69 Å². The number of aromatic nitrogens is 2. The number of fused-ring (bicyclic) bond motifs is 1. The van der Waals surface area contributed by atoms with Crippen molar-refractivity contribution in [2.45, 2.75) is 44.7 Å². The van der Waals surface area contributed by atoms with Crippen molar-refractivity contribution in [2.75, 3.05) is 33.4 Å². The molecule has 0 radical (unpaired) electrons. The predicted octanol–water partition coefficient (Wildman–Crippen LogP) is 3.92. The Hall–Kier alpha value is -3.23. The summed E-state index contributed by atoms with van der Waals surface area (Å²) in [6.45, 7) is 3.51. The molecule has 1 amide bonds. The SMILES string of the molecule is CN(CCOc1cccc(CNC(=O)c2nn(-c3ccc(F)cc3)c3c2CCC3)c1)C1CCOCC1. The third-order valence-corrected chi connectivity index (χ3v) is 7.09. The van der Waals surface area contributed by atoms with Crippen LogP contribution in [0.15, 0.2) is 48.5 Å². The Balaban J connectivity index is 1.18. The van der Waals surface area contributed by atoms with Crippen LogP contribution in [0.25, 0.3) is 5.69 Å². The Morgan fingerprint density at radius 1 is 1.19 bits per heavy atom. The van der Waals surface area contributed by atoms with E-state index in [-0.39, 0.29) is 11.7 Å². The van der Waals surface area contributed by atoms with Gasteiger partial charge in [0.05, 0.1) is 5.69 Å². The van der Waals surface area contributed by atoms with Crippen molar-refractivity contribution in [1.29, 1.82) is 0 Å². The van der Waals surface area contributed by atoms with Gasteiger partial charge >= 0.3 is 0 Å². The lowest BCUT2D eigenvalue weighted by molar-refractivity contribution is 0.0392. The molecule has 1 aliphatic carbocycles. The van der Waals surface area contributed by atoms with Crippen molar-refractivity contribution in [3.05, 3.63) is 76.9 Å². The first-order valence-corrected chi connectivity index (χ1v) is 12.7. The molecule has 0 bridgehead atoms. The molecule has 1 fully saturated rings. The second kappa shape index (κ2) is 11.2. The lowest BCUT2D eigenvalue weighted by atomic mass is 10.1. The van der Waals surface area contributed by atoms with Crippen LogP contribution in [-0.2, 0) is 24.1 Å². The van der Waals surface area contributed by atoms with Crippen molar-refractivity contribution in [2.24, 2.45) is 0 Å². The first kappa shape index (κ1) is 24.5. The molecule has 1 saturated heterocycles. The molecule has 2 aromatic carbocycles. The maximum absolute atomic E-state index is 13.4. The Morgan fingerprint density at radius 3 is 2.81 bits per heavy atom. The fraction of sp³-hybridized carbons (Fsp3) is 0.429. The van der Waals surface area contributed by atoms with Crippen LogP contribution in [-0.4, -0.2) is 60.0 Å². The van der Waals surface area contributed by atoms with Gasteiger partial charge in [0.15, 0.2) is 5.69 Å². The summed E-state index contributed by atoms with van der Waals surface area (Å²) in [6, 6.07) is 14.6. The van der Waals surface area contributed by atoms with Crippen molar-refractivity contribution in [3.63, 3.8) is 0 Å². The number of carbonyl (C=O) groups is 1. The van der Waals surface area contributed by atoms with E-state index in [1.54, 1.807) is 16.8 Å². The molecule has 1 aromatic heterocycles. The lowest BCUT2D eigenvalue weighted by Crippen LogP contribution is -2.38. The molecule has 190 valence electrons. The summed E-state index contributed by atoms with van der Waals surface area (Å²) in [5.74, 6) is 0.306. The van der Waals surface area contributed by atoms with Gasteiger partial charge in [0.1, 0.15) is 18.2 Å². The highest BCUT2D eigenvalue weighted by atomic mass is 19.1. The summed E-state index contributed by atoms with van der Waals surface area (Å²) in [4.78, 5) is 15.4. The monoisotopic (exact) mass is 492 g/mol. The maximum atomic E-state index is 13.4. The summed E-state index contributed by atoms with van der Waals surface area (Å²) >= 11 is 0. The largest absolute Gasteiger partial charge is 0.492 e. The minimum absolute atomic E-state index is 0.196. The molecule has 1 aliphatic heterocycles. The number of nitrogens with one attached hydrogen (secondary N) is 1. The average Bonchev–Trinajstić information content (AvgIpc) is 3.52. The fourth-order valence-corrected chi connectivity index (χ4v) is 5.04. The van der Waals surface area contributed by atoms with E-state index < -0.39 is 0 Å². The van der Waals surface area contributed by atoms with Gasteiger partial charge < -0.3 is 14.8 Å². The second-order valence-corrected chi connectivity index (χ2v) is 9.52. The summed E-state index contributed by atoms with van der Waals surface area (Å²) in [5.41, 5.74) is 4.21. The second-order valence-electron chi connectivity index (χ2n) is 9.52. The maximum Gasteiger partial charge on any atom is 0.272 e. The third kappa shape index (κ3) is 5.60. The van der Waals surface area contributed by atoms with Crippen molar-refractivity contribution >= 4 is 5.91 Å². The van der Waals surface area contributed by atoms with Gasteiger partial charge in [-0.15, -0.1) is 0 Å². The summed E-state index contributed by atoms with van der Waals surface area (Å²) in [5, 5.41) is 7.61. The van der Waals surface area contributed by atoms with Crippen LogP contribution in [0.4, 0.5) is 4.39 Å². The van der Waals surface area contributed by atoms with Gasteiger partial charge in [-0.05, 0) is 81.1 Å². The first-order chi connectivity index (χ1) is 17.6. The number of amides is 1. The Bertz CT molecular complexity index is 1190. The highest BCUT2D eigenvalue weighted by molar-refractivity contribution is 5.94. The minimum atomic E-state index is -0.293. The zero-order valence-corrected chi connectivity index (χ0v) is 20.7. The number of halogens is 1. The molecular weight excluding hydrogens is 459 g/mol. The topological polar surface area (TPSA) is 68.6 Å². The van der Waals surface area contributed by atoms with E-state index in [4.69, 9.17) is 9.47 Å². The van der Waals surface area contributed by atoms with E-state index in [1.165, 1.54) is 12.1 Å². The summed E-state index contributed by atoms with van der Waals surface area (Å²) in [6.07, 6.45) is 4.80. The molecule has 1 N–H and O–H groups in total. The predicted molar refractivity (Wildman–Crippen MR) is 135 cm³/mol. The molecule has 0 spiro atoms. The van der Waals surface area contributed by atoms with Gasteiger partial charge in [0.25, 0.3) is 5.91 Å². The van der Waals surface area contributed by atoms with Gasteiger partial charge in [0, 0.05) is 43.6 Å². The first-order valence-electron chi connectivity index (χ1n) is 12.7. The van der Waals surface area contributed by atoms with E-state index >= 15 is 0 Å². The normalized spacial score (nSPS) is 15.8. The minimum Gasteiger partial charge on any atom is -0.492 e. The van der Waals surface area contributed by atoms with Gasteiger partial charge in [-0.1, -0.05) is 12.1 Å². The number of hydrogen-bond donors (Lipinski definition) is 1. The Morgan fingerprint density at radius 2 is 2.00 bits per heavy atom. The zero-order chi connectivity index (χ0) is 24.9. The number of carbonyl (C=O) groups excluding carboxylic acids is 1. The van der Waals surface area contributed by atoms with Crippen LogP contribution in [0.1, 0.15) is 46.6 Å². The van der Waals surface area contributed by atoms with E-state index in [0.29, 0.717) is 24.9 Å². The highest BCUT2D eigenvalue weighted by Gasteiger charge is 2.27. The van der Waals surface area contributed by atoms with Gasteiger partial charge in [-0.2, -0.15) is 5.10 Å². The molecule has 8 heteroatoms. The number of likely N-dealkylation sites (N-methyl/N-ethyl adjacent to an activating group) is 1. The lowest BCUT2D eigenvalue weighted by Gasteiger charge is -2.31. The molecule has 0 saturated carbocycles. The summed E-state index contributed by atoms with van der Waals surface area (Å²) in [7, 11) is 2.14. The van der Waals surface area contributed by atoms with Gasteiger partial charge in [-0.25, -0.2) is 9.07 Å². The molecule has 2 aliphatic rings. The number of ether oxygens (including phenoxy) is 2. The van der Waals surface area contributed by atoms with Crippen molar-refractivity contribution < 1.29 is 18.7 Å². The van der Waals surface area contributed by atoms with Crippen molar-refractivity contribution in [1.82, 2.24) is 20.0 Å². The van der Waals surface area contributed by atoms with Crippen molar-refractivity contribution in [3.8, 4) is 11.4 Å². The third-order valence-electron chi connectivity index (χ3n) is 7.09. The molecule has 0 atom stereocenters. The standard InChI is InChI=1S/C28H33FN4O3/c1-32(22-12-15-35-16-13-22)14-17-36-24-5-2-4-20(18-24)19-30-28(34)27-25-6-3-7-26(25)33(31-27)23-10-8-21(29)9-11-23/h2,4-5,8-11,18,22H,3,6-7,12-17,19H2,1H3,(H,30,34). The average molecular weight is 493 g/mol. The van der Waals surface area contributed by atoms with Crippen LogP contribution in [0, 0.1) is 5.82 Å². The van der Waals surface area contributed by atoms with E-state index in [0.717, 1.165) is 80.1 Å². The zero-order valence-electron chi connectivity index (χ0n) is 20.7. The van der Waals surface area contributed by atoms with E-state index in [2.05, 4.69) is 22.4 Å². The van der Waals surface area contributed by atoms with E-state index in [1.807, 2.05) is 24.3 Å². The molecule has 0 unspecified atom stereocenters. The molecule has 5 rings (SSSR count). The Labute approximate surface area is 211 Å². The molecule has 7 nitrogen and oxygen atoms in total. The van der Waals surface area contributed by atoms with Crippen LogP contribution >= 0.6 is 0 Å². The van der Waals surface area contributed by atoms with Crippen LogP contribution in [0.3, 0.4) is 0 Å². The number of benzene rings is 2. The molecule has 36 heavy (non-hydrogen) atoms. The number of hydrogen-bond acceptors (Lipinski definition) is 5. The number of nitrogens with zero attached hydrogens (tertiary/aromatic N) is 3.